The highest BCUT2D eigenvalue weighted by molar-refractivity contribution is 7.99. The molecule has 0 bridgehead atoms. The Morgan fingerprint density at radius 3 is 3.00 bits per heavy atom. The fourth-order valence-corrected chi connectivity index (χ4v) is 4.11. The molecule has 2 unspecified atom stereocenters. The minimum atomic E-state index is 0.772. The molecule has 0 radical (unpaired) electrons. The van der Waals surface area contributed by atoms with E-state index in [1.54, 1.807) is 0 Å². The van der Waals surface area contributed by atoms with Crippen molar-refractivity contribution >= 4 is 11.8 Å². The Morgan fingerprint density at radius 1 is 1.31 bits per heavy atom. The van der Waals surface area contributed by atoms with Crippen LogP contribution in [0, 0.1) is 0 Å². The van der Waals surface area contributed by atoms with Gasteiger partial charge in [0.2, 0.25) is 0 Å². The van der Waals surface area contributed by atoms with Crippen molar-refractivity contribution in [3.05, 3.63) is 0 Å². The van der Waals surface area contributed by atoms with Gasteiger partial charge in [0.05, 0.1) is 0 Å². The zero-order chi connectivity index (χ0) is 11.2. The first-order chi connectivity index (χ1) is 7.88. The summed E-state index contributed by atoms with van der Waals surface area (Å²) in [5.41, 5.74) is 0. The van der Waals surface area contributed by atoms with Gasteiger partial charge in [0.25, 0.3) is 0 Å². The number of thioether (sulfide) groups is 1. The van der Waals surface area contributed by atoms with Gasteiger partial charge in [-0.1, -0.05) is 13.3 Å². The number of rotatable bonds is 5. The van der Waals surface area contributed by atoms with Crippen molar-refractivity contribution in [2.75, 3.05) is 31.9 Å². The van der Waals surface area contributed by atoms with E-state index in [0.717, 1.165) is 11.3 Å². The molecule has 0 aromatic rings. The molecule has 1 N–H and O–H groups in total. The highest BCUT2D eigenvalue weighted by Gasteiger charge is 2.24. The van der Waals surface area contributed by atoms with Crippen LogP contribution in [0.25, 0.3) is 0 Å². The van der Waals surface area contributed by atoms with E-state index >= 15 is 0 Å². The van der Waals surface area contributed by atoms with Crippen LogP contribution in [0.15, 0.2) is 0 Å². The van der Waals surface area contributed by atoms with Gasteiger partial charge in [0.1, 0.15) is 0 Å². The largest absolute Gasteiger partial charge is 0.313 e. The smallest absolute Gasteiger partial charge is 0.0207 e. The first kappa shape index (κ1) is 12.7. The predicted molar refractivity (Wildman–Crippen MR) is 73.2 cm³/mol. The van der Waals surface area contributed by atoms with Gasteiger partial charge in [-0.3, -0.25) is 0 Å². The van der Waals surface area contributed by atoms with Gasteiger partial charge in [0, 0.05) is 24.4 Å². The standard InChI is InChI=1S/C13H26N2S/c1-2-7-14-12-6-8-15(10-12)11-13-5-3-4-9-16-13/h12-14H,2-11H2,1H3. The second kappa shape index (κ2) is 6.87. The first-order valence-electron chi connectivity index (χ1n) is 6.96. The minimum Gasteiger partial charge on any atom is -0.313 e. The maximum atomic E-state index is 3.65. The summed E-state index contributed by atoms with van der Waals surface area (Å²) in [6, 6.07) is 0.772. The maximum Gasteiger partial charge on any atom is 0.0207 e. The van der Waals surface area contributed by atoms with Crippen LogP contribution in [0.5, 0.6) is 0 Å². The zero-order valence-electron chi connectivity index (χ0n) is 10.6. The summed E-state index contributed by atoms with van der Waals surface area (Å²) in [5, 5.41) is 4.58. The van der Waals surface area contributed by atoms with Crippen LogP contribution in [0.2, 0.25) is 0 Å². The normalized spacial score (nSPS) is 32.1. The van der Waals surface area contributed by atoms with Crippen LogP contribution in [0.3, 0.4) is 0 Å². The lowest BCUT2D eigenvalue weighted by molar-refractivity contribution is 0.321. The summed E-state index contributed by atoms with van der Waals surface area (Å²) in [4.78, 5) is 2.68. The van der Waals surface area contributed by atoms with Gasteiger partial charge in [-0.2, -0.15) is 11.8 Å². The summed E-state index contributed by atoms with van der Waals surface area (Å²) in [6.45, 7) is 7.39. The minimum absolute atomic E-state index is 0.772. The molecule has 0 amide bonds. The van der Waals surface area contributed by atoms with Crippen molar-refractivity contribution in [2.45, 2.75) is 50.3 Å². The Labute approximate surface area is 105 Å². The van der Waals surface area contributed by atoms with Crippen molar-refractivity contribution in [1.82, 2.24) is 10.2 Å². The summed E-state index contributed by atoms with van der Waals surface area (Å²) >= 11 is 2.21. The van der Waals surface area contributed by atoms with Gasteiger partial charge >= 0.3 is 0 Å². The third-order valence-electron chi connectivity index (χ3n) is 3.69. The van der Waals surface area contributed by atoms with Crippen LogP contribution in [0.4, 0.5) is 0 Å². The highest BCUT2D eigenvalue weighted by atomic mass is 32.2. The Hall–Kier alpha value is 0.270. The maximum absolute atomic E-state index is 3.65. The highest BCUT2D eigenvalue weighted by Crippen LogP contribution is 2.26. The molecule has 2 nitrogen and oxygen atoms in total. The van der Waals surface area contributed by atoms with E-state index in [1.165, 1.54) is 64.0 Å². The van der Waals surface area contributed by atoms with Crippen LogP contribution in [-0.2, 0) is 0 Å². The summed E-state index contributed by atoms with van der Waals surface area (Å²) in [5.74, 6) is 1.40. The van der Waals surface area contributed by atoms with E-state index in [9.17, 15) is 0 Å². The summed E-state index contributed by atoms with van der Waals surface area (Å²) in [6.07, 6.45) is 6.98. The van der Waals surface area contributed by atoms with Gasteiger partial charge in [-0.15, -0.1) is 0 Å². The Morgan fingerprint density at radius 2 is 2.25 bits per heavy atom. The molecule has 0 aliphatic carbocycles. The van der Waals surface area contributed by atoms with Gasteiger partial charge < -0.3 is 10.2 Å². The second-order valence-corrected chi connectivity index (χ2v) is 6.60. The van der Waals surface area contributed by atoms with Gasteiger partial charge in [-0.25, -0.2) is 0 Å². The lowest BCUT2D eigenvalue weighted by Crippen LogP contribution is -2.35. The van der Waals surface area contributed by atoms with E-state index in [1.807, 2.05) is 0 Å². The van der Waals surface area contributed by atoms with Crippen LogP contribution >= 0.6 is 11.8 Å². The summed E-state index contributed by atoms with van der Waals surface area (Å²) in [7, 11) is 0. The van der Waals surface area contributed by atoms with E-state index in [0.29, 0.717) is 0 Å². The Bertz CT molecular complexity index is 192. The number of likely N-dealkylation sites (tertiary alicyclic amines) is 1. The monoisotopic (exact) mass is 242 g/mol. The third kappa shape index (κ3) is 3.94. The molecule has 2 saturated heterocycles. The van der Waals surface area contributed by atoms with Crippen molar-refractivity contribution in [1.29, 1.82) is 0 Å². The van der Waals surface area contributed by atoms with E-state index in [4.69, 9.17) is 0 Å². The molecule has 0 spiro atoms. The molecule has 2 aliphatic heterocycles. The molecule has 2 heterocycles. The molecule has 2 fully saturated rings. The third-order valence-corrected chi connectivity index (χ3v) is 5.07. The number of nitrogens with one attached hydrogen (secondary N) is 1. The molecule has 16 heavy (non-hydrogen) atoms. The molecule has 94 valence electrons. The summed E-state index contributed by atoms with van der Waals surface area (Å²) < 4.78 is 0. The van der Waals surface area contributed by atoms with Gasteiger partial charge in [-0.05, 0) is 44.5 Å². The fraction of sp³-hybridized carbons (Fsp3) is 1.00. The molecule has 0 saturated carbocycles. The molecule has 3 heteroatoms. The SMILES string of the molecule is CCCNC1CCN(CC2CCCCS2)C1. The second-order valence-electron chi connectivity index (χ2n) is 5.19. The van der Waals surface area contributed by atoms with E-state index < -0.39 is 0 Å². The Kier molecular flexibility index (Phi) is 5.46. The van der Waals surface area contributed by atoms with E-state index in [2.05, 4.69) is 28.9 Å². The average Bonchev–Trinajstić information content (AvgIpc) is 2.75. The number of hydrogen-bond acceptors (Lipinski definition) is 3. The molecule has 0 aromatic carbocycles. The molecule has 2 rings (SSSR count). The fourth-order valence-electron chi connectivity index (χ4n) is 2.75. The van der Waals surface area contributed by atoms with Crippen molar-refractivity contribution in [3.63, 3.8) is 0 Å². The quantitative estimate of drug-likeness (QED) is 0.797. The van der Waals surface area contributed by atoms with Crippen LogP contribution < -0.4 is 5.32 Å². The topological polar surface area (TPSA) is 15.3 Å². The molecule has 2 aliphatic rings. The number of hydrogen-bond donors (Lipinski definition) is 1. The molecular weight excluding hydrogens is 216 g/mol. The van der Waals surface area contributed by atoms with Crippen LogP contribution in [0.1, 0.15) is 39.0 Å². The number of nitrogens with zero attached hydrogens (tertiary/aromatic N) is 1. The molecule has 0 aromatic heterocycles. The first-order valence-corrected chi connectivity index (χ1v) is 8.00. The predicted octanol–water partition coefficient (Wildman–Crippen LogP) is 2.35. The molecular formula is C13H26N2S. The van der Waals surface area contributed by atoms with Crippen molar-refractivity contribution in [3.8, 4) is 0 Å². The lowest BCUT2D eigenvalue weighted by atomic mass is 10.2. The Balaban J connectivity index is 1.63. The van der Waals surface area contributed by atoms with Gasteiger partial charge in [0.15, 0.2) is 0 Å². The lowest BCUT2D eigenvalue weighted by Gasteiger charge is -2.26. The van der Waals surface area contributed by atoms with Crippen LogP contribution in [-0.4, -0.2) is 48.1 Å². The zero-order valence-corrected chi connectivity index (χ0v) is 11.4. The van der Waals surface area contributed by atoms with Crippen molar-refractivity contribution < 1.29 is 0 Å². The average molecular weight is 242 g/mol. The molecule has 2 atom stereocenters. The van der Waals surface area contributed by atoms with E-state index in [-0.39, 0.29) is 0 Å². The van der Waals surface area contributed by atoms with Crippen molar-refractivity contribution in [2.24, 2.45) is 0 Å².